The summed E-state index contributed by atoms with van der Waals surface area (Å²) in [5.74, 6) is 0.149. The first-order valence-electron chi connectivity index (χ1n) is 6.41. The lowest BCUT2D eigenvalue weighted by atomic mass is 9.90. The fourth-order valence-electron chi connectivity index (χ4n) is 2.72. The Bertz CT molecular complexity index is 445. The molecule has 1 aliphatic rings. The van der Waals surface area contributed by atoms with Crippen LogP contribution >= 0.6 is 0 Å². The minimum atomic E-state index is -4.71. The monoisotopic (exact) mass is 274 g/mol. The van der Waals surface area contributed by atoms with Gasteiger partial charge in [-0.2, -0.15) is 0 Å². The summed E-state index contributed by atoms with van der Waals surface area (Å²) in [4.78, 5) is 0. The lowest BCUT2D eigenvalue weighted by Crippen LogP contribution is -2.22. The molecule has 0 bridgehead atoms. The second-order valence-corrected chi connectivity index (χ2v) is 5.12. The van der Waals surface area contributed by atoms with Crippen LogP contribution in [0.3, 0.4) is 0 Å². The highest BCUT2D eigenvalue weighted by Gasteiger charge is 2.38. The summed E-state index contributed by atoms with van der Waals surface area (Å²) in [6, 6.07) is 5.66. The van der Waals surface area contributed by atoms with Crippen molar-refractivity contribution in [2.24, 2.45) is 5.92 Å². The minimum Gasteiger partial charge on any atom is -0.406 e. The number of ether oxygens (including phenoxy) is 1. The maximum absolute atomic E-state index is 12.2. The molecule has 1 saturated carbocycles. The number of alkyl halides is 3. The third-order valence-electron chi connectivity index (χ3n) is 3.77. The van der Waals surface area contributed by atoms with Crippen molar-refractivity contribution in [2.45, 2.75) is 44.6 Å². The summed E-state index contributed by atoms with van der Waals surface area (Å²) < 4.78 is 40.4. The Kier molecular flexibility index (Phi) is 3.76. The largest absolute Gasteiger partial charge is 0.573 e. The summed E-state index contributed by atoms with van der Waals surface area (Å²) in [6.45, 7) is 2.06. The highest BCUT2D eigenvalue weighted by molar-refractivity contribution is 5.33. The summed E-state index contributed by atoms with van der Waals surface area (Å²) >= 11 is 0. The molecule has 0 heterocycles. The van der Waals surface area contributed by atoms with Gasteiger partial charge in [-0.25, -0.2) is 0 Å². The Balaban J connectivity index is 2.19. The molecule has 0 saturated heterocycles. The predicted molar refractivity (Wildman–Crippen MR) is 64.7 cm³/mol. The van der Waals surface area contributed by atoms with Gasteiger partial charge < -0.3 is 9.84 Å². The van der Waals surface area contributed by atoms with Gasteiger partial charge in [-0.15, -0.1) is 13.2 Å². The molecule has 1 aromatic rings. The molecule has 0 aliphatic heterocycles. The molecule has 1 aliphatic carbocycles. The number of aliphatic hydroxyl groups is 1. The van der Waals surface area contributed by atoms with Crippen LogP contribution in [0.15, 0.2) is 24.3 Å². The van der Waals surface area contributed by atoms with Crippen LogP contribution in [0.25, 0.3) is 0 Å². The van der Waals surface area contributed by atoms with Crippen molar-refractivity contribution in [1.82, 2.24) is 0 Å². The van der Waals surface area contributed by atoms with E-state index in [4.69, 9.17) is 0 Å². The van der Waals surface area contributed by atoms with Gasteiger partial charge in [0.1, 0.15) is 5.75 Å². The first-order chi connectivity index (χ1) is 8.82. The molecule has 2 unspecified atom stereocenters. The van der Waals surface area contributed by atoms with Gasteiger partial charge in [-0.3, -0.25) is 0 Å². The SMILES string of the molecule is CCC1CCC(O)(c2cccc(OC(F)(F)F)c2)C1. The molecule has 2 atom stereocenters. The molecule has 0 aromatic heterocycles. The minimum absolute atomic E-state index is 0.279. The van der Waals surface area contributed by atoms with E-state index in [-0.39, 0.29) is 5.75 Å². The summed E-state index contributed by atoms with van der Waals surface area (Å²) in [7, 11) is 0. The quantitative estimate of drug-likeness (QED) is 0.903. The molecule has 1 aromatic carbocycles. The molecule has 0 spiro atoms. The Morgan fingerprint density at radius 1 is 1.42 bits per heavy atom. The Morgan fingerprint density at radius 3 is 2.74 bits per heavy atom. The van der Waals surface area contributed by atoms with Crippen LogP contribution in [-0.2, 0) is 5.60 Å². The molecule has 5 heteroatoms. The number of halogens is 3. The third kappa shape index (κ3) is 3.41. The first-order valence-corrected chi connectivity index (χ1v) is 6.41. The lowest BCUT2D eigenvalue weighted by molar-refractivity contribution is -0.274. The van der Waals surface area contributed by atoms with Gasteiger partial charge in [0.15, 0.2) is 0 Å². The maximum Gasteiger partial charge on any atom is 0.573 e. The fourth-order valence-corrected chi connectivity index (χ4v) is 2.72. The summed E-state index contributed by atoms with van der Waals surface area (Å²) in [5, 5.41) is 10.6. The molecule has 2 rings (SSSR count). The normalized spacial score (nSPS) is 27.5. The highest BCUT2D eigenvalue weighted by atomic mass is 19.4. The van der Waals surface area contributed by atoms with Crippen LogP contribution in [0.1, 0.15) is 38.2 Å². The van der Waals surface area contributed by atoms with E-state index in [9.17, 15) is 18.3 Å². The van der Waals surface area contributed by atoms with E-state index in [1.807, 2.05) is 0 Å². The van der Waals surface area contributed by atoms with Crippen molar-refractivity contribution in [3.8, 4) is 5.75 Å². The number of benzene rings is 1. The predicted octanol–water partition coefficient (Wildman–Crippen LogP) is 3.98. The van der Waals surface area contributed by atoms with E-state index in [0.717, 1.165) is 12.8 Å². The van der Waals surface area contributed by atoms with Crippen molar-refractivity contribution in [2.75, 3.05) is 0 Å². The second kappa shape index (κ2) is 5.04. The van der Waals surface area contributed by atoms with Crippen molar-refractivity contribution in [3.05, 3.63) is 29.8 Å². The average molecular weight is 274 g/mol. The van der Waals surface area contributed by atoms with Gasteiger partial charge in [0, 0.05) is 0 Å². The van der Waals surface area contributed by atoms with Crippen LogP contribution in [0.5, 0.6) is 5.75 Å². The topological polar surface area (TPSA) is 29.5 Å². The standard InChI is InChI=1S/C14H17F3O2/c1-2-10-6-7-13(18,9-10)11-4-3-5-12(8-11)19-14(15,16)17/h3-5,8,10,18H,2,6-7,9H2,1H3. The summed E-state index contributed by atoms with van der Waals surface area (Å²) in [5.41, 5.74) is -0.517. The number of hydrogen-bond donors (Lipinski definition) is 1. The van der Waals surface area contributed by atoms with Crippen molar-refractivity contribution in [1.29, 1.82) is 0 Å². The Morgan fingerprint density at radius 2 is 2.16 bits per heavy atom. The molecule has 19 heavy (non-hydrogen) atoms. The molecular weight excluding hydrogens is 257 g/mol. The summed E-state index contributed by atoms with van der Waals surface area (Å²) in [6.07, 6.45) is -1.65. The van der Waals surface area contributed by atoms with Crippen molar-refractivity contribution >= 4 is 0 Å². The molecule has 1 fully saturated rings. The molecule has 1 N–H and O–H groups in total. The van der Waals surface area contributed by atoms with Crippen molar-refractivity contribution in [3.63, 3.8) is 0 Å². The van der Waals surface area contributed by atoms with Gasteiger partial charge in [0.25, 0.3) is 0 Å². The smallest absolute Gasteiger partial charge is 0.406 e. The van der Waals surface area contributed by atoms with Gasteiger partial charge in [-0.05, 0) is 42.9 Å². The second-order valence-electron chi connectivity index (χ2n) is 5.12. The lowest BCUT2D eigenvalue weighted by Gasteiger charge is -2.24. The van der Waals surface area contributed by atoms with E-state index >= 15 is 0 Å². The maximum atomic E-state index is 12.2. The van der Waals surface area contributed by atoms with E-state index < -0.39 is 12.0 Å². The van der Waals surface area contributed by atoms with Crippen LogP contribution < -0.4 is 4.74 Å². The van der Waals surface area contributed by atoms with E-state index in [0.29, 0.717) is 24.3 Å². The molecule has 2 nitrogen and oxygen atoms in total. The van der Waals surface area contributed by atoms with Gasteiger partial charge >= 0.3 is 6.36 Å². The van der Waals surface area contributed by atoms with Crippen LogP contribution in [0.4, 0.5) is 13.2 Å². The van der Waals surface area contributed by atoms with Gasteiger partial charge in [0.2, 0.25) is 0 Å². The molecule has 0 radical (unpaired) electrons. The van der Waals surface area contributed by atoms with Crippen molar-refractivity contribution < 1.29 is 23.0 Å². The third-order valence-corrected chi connectivity index (χ3v) is 3.77. The zero-order valence-corrected chi connectivity index (χ0v) is 10.7. The first kappa shape index (κ1) is 14.2. The van der Waals surface area contributed by atoms with E-state index in [1.165, 1.54) is 18.2 Å². The van der Waals surface area contributed by atoms with Crippen LogP contribution in [0, 0.1) is 5.92 Å². The number of hydrogen-bond acceptors (Lipinski definition) is 2. The van der Waals surface area contributed by atoms with Crippen LogP contribution in [0.2, 0.25) is 0 Å². The zero-order valence-electron chi connectivity index (χ0n) is 10.7. The molecule has 0 amide bonds. The van der Waals surface area contributed by atoms with E-state index in [2.05, 4.69) is 11.7 Å². The van der Waals surface area contributed by atoms with Gasteiger partial charge in [0.05, 0.1) is 5.60 Å². The van der Waals surface area contributed by atoms with E-state index in [1.54, 1.807) is 6.07 Å². The Labute approximate surface area is 110 Å². The zero-order chi connectivity index (χ0) is 14.1. The molecular formula is C14H17F3O2. The van der Waals surface area contributed by atoms with Gasteiger partial charge in [-0.1, -0.05) is 25.5 Å². The van der Waals surface area contributed by atoms with Crippen LogP contribution in [-0.4, -0.2) is 11.5 Å². The number of rotatable bonds is 3. The highest BCUT2D eigenvalue weighted by Crippen LogP contribution is 2.44. The Hall–Kier alpha value is -1.23. The average Bonchev–Trinajstić information content (AvgIpc) is 2.71. The fraction of sp³-hybridized carbons (Fsp3) is 0.571. The molecule has 106 valence electrons.